The van der Waals surface area contributed by atoms with Crippen molar-refractivity contribution in [3.05, 3.63) is 34.5 Å². The Labute approximate surface area is 145 Å². The van der Waals surface area contributed by atoms with Gasteiger partial charge in [0.25, 0.3) is 0 Å². The minimum atomic E-state index is -1.02. The van der Waals surface area contributed by atoms with Gasteiger partial charge in [0.05, 0.1) is 0 Å². The van der Waals surface area contributed by atoms with Gasteiger partial charge in [-0.1, -0.05) is 24.4 Å². The largest absolute Gasteiger partial charge is 0.477 e. The molecule has 0 unspecified atom stereocenters. The van der Waals surface area contributed by atoms with Gasteiger partial charge in [-0.15, -0.1) is 0 Å². The Balaban J connectivity index is 2.00. The number of carboxylic acid groups (broad SMARTS) is 1. The topological polar surface area (TPSA) is 62.5 Å². The van der Waals surface area contributed by atoms with Gasteiger partial charge >= 0.3 is 5.97 Å². The van der Waals surface area contributed by atoms with Crippen LogP contribution in [0.2, 0.25) is 5.02 Å². The Morgan fingerprint density at radius 2 is 1.83 bits per heavy atom. The molecule has 1 amide bonds. The third kappa shape index (κ3) is 3.13. The summed E-state index contributed by atoms with van der Waals surface area (Å²) in [6.45, 7) is 3.32. The van der Waals surface area contributed by atoms with E-state index < -0.39 is 5.97 Å². The van der Waals surface area contributed by atoms with E-state index in [1.54, 1.807) is 29.7 Å². The van der Waals surface area contributed by atoms with E-state index in [4.69, 9.17) is 11.6 Å². The number of rotatable bonds is 3. The van der Waals surface area contributed by atoms with Crippen LogP contribution in [0.5, 0.6) is 0 Å². The molecule has 1 aliphatic heterocycles. The number of aryl methyl sites for hydroxylation is 1. The summed E-state index contributed by atoms with van der Waals surface area (Å²) in [7, 11) is 0. The first-order valence-corrected chi connectivity index (χ1v) is 8.66. The number of aromatic nitrogens is 1. The quantitative estimate of drug-likeness (QED) is 0.919. The average Bonchev–Trinajstić information content (AvgIpc) is 2.73. The normalized spacial score (nSPS) is 15.5. The van der Waals surface area contributed by atoms with Crippen LogP contribution in [0.4, 0.5) is 0 Å². The summed E-state index contributed by atoms with van der Waals surface area (Å²) >= 11 is 6.05. The number of carbonyl (C=O) groups excluding carboxylic acids is 1. The molecule has 2 heterocycles. The van der Waals surface area contributed by atoms with Crippen molar-refractivity contribution in [2.75, 3.05) is 13.1 Å². The maximum Gasteiger partial charge on any atom is 0.352 e. The first-order valence-electron chi connectivity index (χ1n) is 8.28. The minimum absolute atomic E-state index is 0.0220. The van der Waals surface area contributed by atoms with Crippen LogP contribution >= 0.6 is 11.6 Å². The number of amides is 1. The van der Waals surface area contributed by atoms with E-state index in [9.17, 15) is 14.7 Å². The molecule has 1 saturated heterocycles. The fourth-order valence-corrected chi connectivity index (χ4v) is 3.66. The molecule has 0 aliphatic carbocycles. The Bertz CT molecular complexity index is 789. The second-order valence-corrected chi connectivity index (χ2v) is 6.76. The highest BCUT2D eigenvalue weighted by Gasteiger charge is 2.23. The van der Waals surface area contributed by atoms with E-state index in [-0.39, 0.29) is 18.1 Å². The van der Waals surface area contributed by atoms with Gasteiger partial charge in [-0.2, -0.15) is 0 Å². The van der Waals surface area contributed by atoms with Crippen molar-refractivity contribution >= 4 is 34.4 Å². The number of carbonyl (C=O) groups is 2. The number of hydrogen-bond acceptors (Lipinski definition) is 2. The van der Waals surface area contributed by atoms with Crippen molar-refractivity contribution in [2.45, 2.75) is 39.2 Å². The third-order valence-corrected chi connectivity index (χ3v) is 4.97. The van der Waals surface area contributed by atoms with Crippen molar-refractivity contribution in [1.29, 1.82) is 0 Å². The molecule has 0 bridgehead atoms. The Kier molecular flexibility index (Phi) is 4.81. The highest BCUT2D eigenvalue weighted by molar-refractivity contribution is 6.31. The standard InChI is InChI=1S/C18H21ClN2O3/c1-12-14-10-13(19)6-7-15(14)21(17(12)18(23)24)11-16(22)20-8-4-2-3-5-9-20/h6-7,10H,2-5,8-9,11H2,1H3,(H,23,24). The zero-order valence-corrected chi connectivity index (χ0v) is 14.5. The van der Waals surface area contributed by atoms with E-state index in [2.05, 4.69) is 0 Å². The van der Waals surface area contributed by atoms with Crippen molar-refractivity contribution in [3.8, 4) is 0 Å². The summed E-state index contributed by atoms with van der Waals surface area (Å²) in [5.41, 5.74) is 1.54. The summed E-state index contributed by atoms with van der Waals surface area (Å²) in [4.78, 5) is 26.3. The van der Waals surface area contributed by atoms with Crippen LogP contribution in [0.3, 0.4) is 0 Å². The molecule has 24 heavy (non-hydrogen) atoms. The van der Waals surface area contributed by atoms with E-state index in [1.807, 2.05) is 4.90 Å². The Hall–Kier alpha value is -2.01. The molecule has 0 spiro atoms. The molecule has 0 saturated carbocycles. The van der Waals surface area contributed by atoms with Crippen molar-refractivity contribution in [3.63, 3.8) is 0 Å². The van der Waals surface area contributed by atoms with Crippen LogP contribution < -0.4 is 0 Å². The smallest absolute Gasteiger partial charge is 0.352 e. The maximum absolute atomic E-state index is 12.7. The lowest BCUT2D eigenvalue weighted by atomic mass is 10.1. The summed E-state index contributed by atoms with van der Waals surface area (Å²) in [5.74, 6) is -1.05. The number of nitrogens with zero attached hydrogens (tertiary/aromatic N) is 2. The van der Waals surface area contributed by atoms with Gasteiger partial charge in [0.1, 0.15) is 12.2 Å². The fraction of sp³-hybridized carbons (Fsp3) is 0.444. The highest BCUT2D eigenvalue weighted by atomic mass is 35.5. The predicted octanol–water partition coefficient (Wildman–Crippen LogP) is 3.70. The molecule has 1 aromatic heterocycles. The molecular formula is C18H21ClN2O3. The molecule has 1 N–H and O–H groups in total. The van der Waals surface area contributed by atoms with Crippen LogP contribution in [-0.2, 0) is 11.3 Å². The summed E-state index contributed by atoms with van der Waals surface area (Å²) < 4.78 is 1.61. The lowest BCUT2D eigenvalue weighted by molar-refractivity contribution is -0.131. The lowest BCUT2D eigenvalue weighted by Crippen LogP contribution is -2.35. The van der Waals surface area contributed by atoms with Crippen molar-refractivity contribution in [1.82, 2.24) is 9.47 Å². The van der Waals surface area contributed by atoms with Crippen LogP contribution in [0, 0.1) is 6.92 Å². The first-order chi connectivity index (χ1) is 11.5. The van der Waals surface area contributed by atoms with E-state index >= 15 is 0 Å². The van der Waals surface area contributed by atoms with Crippen molar-refractivity contribution in [2.24, 2.45) is 0 Å². The Morgan fingerprint density at radius 1 is 1.17 bits per heavy atom. The number of hydrogen-bond donors (Lipinski definition) is 1. The zero-order chi connectivity index (χ0) is 17.3. The first kappa shape index (κ1) is 16.8. The average molecular weight is 349 g/mol. The molecule has 1 aromatic carbocycles. The zero-order valence-electron chi connectivity index (χ0n) is 13.7. The Morgan fingerprint density at radius 3 is 2.46 bits per heavy atom. The summed E-state index contributed by atoms with van der Waals surface area (Å²) in [6, 6.07) is 5.26. The molecule has 0 radical (unpaired) electrons. The molecule has 1 fully saturated rings. The SMILES string of the molecule is Cc1c(C(=O)O)n(CC(=O)N2CCCCCC2)c2ccc(Cl)cc12. The molecule has 1 aliphatic rings. The maximum atomic E-state index is 12.7. The van der Waals surface area contributed by atoms with Crippen molar-refractivity contribution < 1.29 is 14.7 Å². The van der Waals surface area contributed by atoms with Gasteiger partial charge in [-0.25, -0.2) is 4.79 Å². The van der Waals surface area contributed by atoms with Gasteiger partial charge in [-0.05, 0) is 43.5 Å². The lowest BCUT2D eigenvalue weighted by Gasteiger charge is -2.21. The fourth-order valence-electron chi connectivity index (χ4n) is 3.49. The van der Waals surface area contributed by atoms with Crippen LogP contribution in [-0.4, -0.2) is 39.5 Å². The van der Waals surface area contributed by atoms with E-state index in [1.165, 1.54) is 0 Å². The molecule has 0 atom stereocenters. The molecule has 6 heteroatoms. The van der Waals surface area contributed by atoms with Gasteiger partial charge in [0.2, 0.25) is 5.91 Å². The van der Waals surface area contributed by atoms with Gasteiger partial charge < -0.3 is 14.6 Å². The number of fused-ring (bicyclic) bond motifs is 1. The van der Waals surface area contributed by atoms with Crippen LogP contribution in [0.15, 0.2) is 18.2 Å². The molecule has 3 rings (SSSR count). The van der Waals surface area contributed by atoms with Crippen LogP contribution in [0.25, 0.3) is 10.9 Å². The summed E-state index contributed by atoms with van der Waals surface area (Å²) in [6.07, 6.45) is 4.32. The number of benzene rings is 1. The third-order valence-electron chi connectivity index (χ3n) is 4.73. The van der Waals surface area contributed by atoms with E-state index in [0.717, 1.165) is 49.7 Å². The molecular weight excluding hydrogens is 328 g/mol. The molecule has 5 nitrogen and oxygen atoms in total. The highest BCUT2D eigenvalue weighted by Crippen LogP contribution is 2.28. The number of carboxylic acids is 1. The summed E-state index contributed by atoms with van der Waals surface area (Å²) in [5, 5.41) is 10.9. The predicted molar refractivity (Wildman–Crippen MR) is 93.7 cm³/mol. The molecule has 128 valence electrons. The van der Waals surface area contributed by atoms with Gasteiger partial charge in [0, 0.05) is 29.0 Å². The van der Waals surface area contributed by atoms with Gasteiger partial charge in [-0.3, -0.25) is 4.79 Å². The molecule has 2 aromatic rings. The van der Waals surface area contributed by atoms with Crippen LogP contribution in [0.1, 0.15) is 41.7 Å². The second kappa shape index (κ2) is 6.85. The minimum Gasteiger partial charge on any atom is -0.477 e. The second-order valence-electron chi connectivity index (χ2n) is 6.32. The number of aromatic carboxylic acids is 1. The van der Waals surface area contributed by atoms with E-state index in [0.29, 0.717) is 10.6 Å². The van der Waals surface area contributed by atoms with Gasteiger partial charge in [0.15, 0.2) is 0 Å². The number of halogens is 1. The monoisotopic (exact) mass is 348 g/mol. The number of likely N-dealkylation sites (tertiary alicyclic amines) is 1.